The lowest BCUT2D eigenvalue weighted by Gasteiger charge is -2.07. The lowest BCUT2D eigenvalue weighted by molar-refractivity contribution is -0.121. The maximum absolute atomic E-state index is 12.0. The van der Waals surface area contributed by atoms with E-state index in [0.717, 1.165) is 23.0 Å². The van der Waals surface area contributed by atoms with Crippen LogP contribution in [0.1, 0.15) is 18.4 Å². The average molecular weight is 292 g/mol. The normalized spacial score (nSPS) is 14.7. The minimum absolute atomic E-state index is 0.0392. The molecule has 1 aliphatic carbocycles. The standard InChI is InChI=1S/C15H18ClN3O/c16-12-3-4-13-11(6-17)8-19(14(13)5-12)9-15(20)18-7-10-1-2-10/h3-5,8,10H,1-2,6-7,9,17H2,(H,18,20). The molecular formula is C15H18ClN3O. The molecule has 0 bridgehead atoms. The Labute approximate surface area is 122 Å². The smallest absolute Gasteiger partial charge is 0.239 e. The van der Waals surface area contributed by atoms with E-state index < -0.39 is 0 Å². The predicted octanol–water partition coefficient (Wildman–Crippen LogP) is 2.28. The molecule has 5 heteroatoms. The van der Waals surface area contributed by atoms with Gasteiger partial charge in [-0.25, -0.2) is 0 Å². The van der Waals surface area contributed by atoms with Crippen molar-refractivity contribution in [3.8, 4) is 0 Å². The second kappa shape index (κ2) is 5.46. The van der Waals surface area contributed by atoms with Gasteiger partial charge in [0.25, 0.3) is 0 Å². The van der Waals surface area contributed by atoms with E-state index in [2.05, 4.69) is 5.32 Å². The monoisotopic (exact) mass is 291 g/mol. The maximum Gasteiger partial charge on any atom is 0.239 e. The van der Waals surface area contributed by atoms with Crippen LogP contribution in [0.25, 0.3) is 10.9 Å². The number of carbonyl (C=O) groups excluding carboxylic acids is 1. The topological polar surface area (TPSA) is 60.0 Å². The number of benzene rings is 1. The Kier molecular flexibility index (Phi) is 3.68. The summed E-state index contributed by atoms with van der Waals surface area (Å²) in [6.45, 7) is 1.56. The van der Waals surface area contributed by atoms with E-state index in [1.165, 1.54) is 12.8 Å². The molecule has 1 saturated carbocycles. The Bertz CT molecular complexity index is 646. The van der Waals surface area contributed by atoms with Crippen LogP contribution in [0.15, 0.2) is 24.4 Å². The van der Waals surface area contributed by atoms with Crippen molar-refractivity contribution in [2.75, 3.05) is 6.54 Å². The molecule has 3 N–H and O–H groups in total. The third-order valence-corrected chi connectivity index (χ3v) is 3.98. The first-order valence-electron chi connectivity index (χ1n) is 6.91. The number of aromatic nitrogens is 1. The molecule has 0 aliphatic heterocycles. The lowest BCUT2D eigenvalue weighted by atomic mass is 10.2. The number of fused-ring (bicyclic) bond motifs is 1. The molecule has 1 aromatic heterocycles. The van der Waals surface area contributed by atoms with Crippen LogP contribution in [0, 0.1) is 5.92 Å². The van der Waals surface area contributed by atoms with Crippen molar-refractivity contribution in [2.45, 2.75) is 25.9 Å². The Balaban J connectivity index is 1.82. The summed E-state index contributed by atoms with van der Waals surface area (Å²) in [5.41, 5.74) is 7.75. The van der Waals surface area contributed by atoms with Gasteiger partial charge in [0.1, 0.15) is 6.54 Å². The van der Waals surface area contributed by atoms with E-state index >= 15 is 0 Å². The number of carbonyl (C=O) groups is 1. The molecule has 1 amide bonds. The zero-order valence-corrected chi connectivity index (χ0v) is 12.0. The van der Waals surface area contributed by atoms with E-state index in [9.17, 15) is 4.79 Å². The van der Waals surface area contributed by atoms with Gasteiger partial charge in [0.2, 0.25) is 5.91 Å². The number of nitrogens with two attached hydrogens (primary N) is 1. The summed E-state index contributed by atoms with van der Waals surface area (Å²) in [4.78, 5) is 12.0. The second-order valence-corrected chi connectivity index (χ2v) is 5.83. The number of amides is 1. The van der Waals surface area contributed by atoms with Crippen LogP contribution >= 0.6 is 11.6 Å². The highest BCUT2D eigenvalue weighted by Crippen LogP contribution is 2.27. The summed E-state index contributed by atoms with van der Waals surface area (Å²) >= 11 is 6.05. The molecule has 20 heavy (non-hydrogen) atoms. The number of hydrogen-bond donors (Lipinski definition) is 2. The lowest BCUT2D eigenvalue weighted by Crippen LogP contribution is -2.29. The molecule has 0 unspecified atom stereocenters. The SMILES string of the molecule is NCc1cn(CC(=O)NCC2CC2)c2cc(Cl)ccc12. The molecule has 1 heterocycles. The van der Waals surface area contributed by atoms with Crippen molar-refractivity contribution < 1.29 is 4.79 Å². The van der Waals surface area contributed by atoms with Gasteiger partial charge in [0.15, 0.2) is 0 Å². The van der Waals surface area contributed by atoms with Crippen molar-refractivity contribution in [3.63, 3.8) is 0 Å². The third-order valence-electron chi connectivity index (χ3n) is 3.75. The van der Waals surface area contributed by atoms with Gasteiger partial charge in [0, 0.05) is 29.7 Å². The van der Waals surface area contributed by atoms with Crippen LogP contribution in [-0.4, -0.2) is 17.0 Å². The molecule has 3 rings (SSSR count). The largest absolute Gasteiger partial charge is 0.354 e. The Morgan fingerprint density at radius 3 is 2.95 bits per heavy atom. The minimum Gasteiger partial charge on any atom is -0.354 e. The van der Waals surface area contributed by atoms with E-state index in [0.29, 0.717) is 24.0 Å². The van der Waals surface area contributed by atoms with Crippen molar-refractivity contribution in [2.24, 2.45) is 11.7 Å². The zero-order valence-electron chi connectivity index (χ0n) is 11.2. The fourth-order valence-corrected chi connectivity index (χ4v) is 2.59. The third kappa shape index (κ3) is 2.81. The highest BCUT2D eigenvalue weighted by atomic mass is 35.5. The molecule has 1 fully saturated rings. The van der Waals surface area contributed by atoms with Gasteiger partial charge >= 0.3 is 0 Å². The van der Waals surface area contributed by atoms with Crippen molar-refractivity contribution in [1.82, 2.24) is 9.88 Å². The van der Waals surface area contributed by atoms with Crippen LogP contribution < -0.4 is 11.1 Å². The fraction of sp³-hybridized carbons (Fsp3) is 0.400. The zero-order chi connectivity index (χ0) is 14.1. The molecule has 2 aromatic rings. The van der Waals surface area contributed by atoms with Crippen LogP contribution in [0.2, 0.25) is 5.02 Å². The summed E-state index contributed by atoms with van der Waals surface area (Å²) in [7, 11) is 0. The first-order valence-corrected chi connectivity index (χ1v) is 7.29. The number of halogens is 1. The Hall–Kier alpha value is -1.52. The van der Waals surface area contributed by atoms with E-state index in [1.807, 2.05) is 29.0 Å². The van der Waals surface area contributed by atoms with E-state index in [1.54, 1.807) is 0 Å². The van der Waals surface area contributed by atoms with Crippen molar-refractivity contribution >= 4 is 28.4 Å². The fourth-order valence-electron chi connectivity index (χ4n) is 2.43. The number of rotatable bonds is 5. The summed E-state index contributed by atoms with van der Waals surface area (Å²) in [6.07, 6.45) is 4.41. The van der Waals surface area contributed by atoms with Gasteiger partial charge in [-0.1, -0.05) is 17.7 Å². The molecule has 0 atom stereocenters. The number of nitrogens with zero attached hydrogens (tertiary/aromatic N) is 1. The minimum atomic E-state index is 0.0392. The molecule has 0 radical (unpaired) electrons. The highest BCUT2D eigenvalue weighted by molar-refractivity contribution is 6.31. The van der Waals surface area contributed by atoms with Crippen LogP contribution in [0.3, 0.4) is 0 Å². The summed E-state index contributed by atoms with van der Waals surface area (Å²) in [5, 5.41) is 4.70. The molecule has 1 aromatic carbocycles. The average Bonchev–Trinajstić information content (AvgIpc) is 3.20. The van der Waals surface area contributed by atoms with Crippen LogP contribution in [0.4, 0.5) is 0 Å². The molecular weight excluding hydrogens is 274 g/mol. The van der Waals surface area contributed by atoms with E-state index in [4.69, 9.17) is 17.3 Å². The van der Waals surface area contributed by atoms with Crippen LogP contribution in [-0.2, 0) is 17.9 Å². The van der Waals surface area contributed by atoms with Crippen molar-refractivity contribution in [1.29, 1.82) is 0 Å². The Morgan fingerprint density at radius 1 is 1.45 bits per heavy atom. The van der Waals surface area contributed by atoms with Gasteiger partial charge in [-0.3, -0.25) is 4.79 Å². The first-order chi connectivity index (χ1) is 9.67. The van der Waals surface area contributed by atoms with Crippen LogP contribution in [0.5, 0.6) is 0 Å². The highest BCUT2D eigenvalue weighted by Gasteiger charge is 2.21. The molecule has 0 saturated heterocycles. The van der Waals surface area contributed by atoms with Gasteiger partial charge < -0.3 is 15.6 Å². The maximum atomic E-state index is 12.0. The summed E-state index contributed by atoms with van der Waals surface area (Å²) < 4.78 is 1.92. The van der Waals surface area contributed by atoms with Gasteiger partial charge in [0.05, 0.1) is 5.52 Å². The van der Waals surface area contributed by atoms with Gasteiger partial charge in [-0.15, -0.1) is 0 Å². The summed E-state index contributed by atoms with van der Waals surface area (Å²) in [6, 6.07) is 5.68. The first kappa shape index (κ1) is 13.5. The van der Waals surface area contributed by atoms with Gasteiger partial charge in [-0.05, 0) is 36.5 Å². The number of hydrogen-bond acceptors (Lipinski definition) is 2. The molecule has 0 spiro atoms. The van der Waals surface area contributed by atoms with Crippen molar-refractivity contribution in [3.05, 3.63) is 35.0 Å². The number of nitrogens with one attached hydrogen (secondary N) is 1. The molecule has 4 nitrogen and oxygen atoms in total. The predicted molar refractivity (Wildman–Crippen MR) is 80.6 cm³/mol. The molecule has 106 valence electrons. The molecule has 1 aliphatic rings. The summed E-state index contributed by atoms with van der Waals surface area (Å²) in [5.74, 6) is 0.728. The van der Waals surface area contributed by atoms with E-state index in [-0.39, 0.29) is 5.91 Å². The quantitative estimate of drug-likeness (QED) is 0.888. The van der Waals surface area contributed by atoms with Gasteiger partial charge in [-0.2, -0.15) is 0 Å². The second-order valence-electron chi connectivity index (χ2n) is 5.40. The Morgan fingerprint density at radius 2 is 2.25 bits per heavy atom.